The average Bonchev–Trinajstić information content (AvgIpc) is 2.58. The van der Waals surface area contributed by atoms with Gasteiger partial charge in [-0.25, -0.2) is 0 Å². The van der Waals surface area contributed by atoms with Crippen molar-refractivity contribution in [2.24, 2.45) is 11.3 Å². The van der Waals surface area contributed by atoms with Gasteiger partial charge in [0.05, 0.1) is 6.61 Å². The summed E-state index contributed by atoms with van der Waals surface area (Å²) in [6, 6.07) is 0. The van der Waals surface area contributed by atoms with Crippen LogP contribution in [0.5, 0.6) is 0 Å². The molecule has 2 atom stereocenters. The first-order valence-corrected chi connectivity index (χ1v) is 5.10. The van der Waals surface area contributed by atoms with E-state index in [2.05, 4.69) is 12.2 Å². The lowest BCUT2D eigenvalue weighted by Crippen LogP contribution is -2.43. The van der Waals surface area contributed by atoms with Crippen molar-refractivity contribution in [2.75, 3.05) is 26.3 Å². The topological polar surface area (TPSA) is 21.3 Å². The first kappa shape index (κ1) is 8.52. The molecule has 2 heterocycles. The van der Waals surface area contributed by atoms with E-state index in [4.69, 9.17) is 4.74 Å². The van der Waals surface area contributed by atoms with Gasteiger partial charge in [0.2, 0.25) is 0 Å². The fourth-order valence-corrected chi connectivity index (χ4v) is 2.51. The molecule has 0 bridgehead atoms. The predicted octanol–water partition coefficient (Wildman–Crippen LogP) is 1.41. The van der Waals surface area contributed by atoms with Gasteiger partial charge in [-0.05, 0) is 37.1 Å². The van der Waals surface area contributed by atoms with Crippen LogP contribution in [-0.4, -0.2) is 26.3 Å². The summed E-state index contributed by atoms with van der Waals surface area (Å²) in [6.07, 6.45) is 4.00. The second-order valence-electron chi connectivity index (χ2n) is 4.49. The summed E-state index contributed by atoms with van der Waals surface area (Å²) in [7, 11) is 0. The number of rotatable bonds is 1. The van der Waals surface area contributed by atoms with Crippen LogP contribution in [0.25, 0.3) is 0 Å². The number of piperidine rings is 1. The van der Waals surface area contributed by atoms with E-state index in [-0.39, 0.29) is 0 Å². The normalized spacial score (nSPS) is 43.2. The second kappa shape index (κ2) is 3.35. The molecule has 0 saturated carbocycles. The van der Waals surface area contributed by atoms with Crippen molar-refractivity contribution >= 4 is 0 Å². The molecule has 2 rings (SSSR count). The molecule has 2 unspecified atom stereocenters. The summed E-state index contributed by atoms with van der Waals surface area (Å²) in [5, 5.41) is 3.50. The Morgan fingerprint density at radius 2 is 2.42 bits per heavy atom. The van der Waals surface area contributed by atoms with Gasteiger partial charge in [0.1, 0.15) is 0 Å². The van der Waals surface area contributed by atoms with Crippen LogP contribution in [0.2, 0.25) is 0 Å². The van der Waals surface area contributed by atoms with E-state index < -0.39 is 0 Å². The molecule has 0 aromatic heterocycles. The zero-order valence-corrected chi connectivity index (χ0v) is 7.94. The molecule has 2 fully saturated rings. The van der Waals surface area contributed by atoms with Crippen molar-refractivity contribution < 1.29 is 4.74 Å². The maximum absolute atomic E-state index is 5.45. The van der Waals surface area contributed by atoms with Crippen LogP contribution in [0, 0.1) is 11.3 Å². The molecular formula is C10H19NO. The third-order valence-electron chi connectivity index (χ3n) is 3.55. The van der Waals surface area contributed by atoms with Crippen LogP contribution in [0.15, 0.2) is 0 Å². The Hall–Kier alpha value is -0.0800. The van der Waals surface area contributed by atoms with Gasteiger partial charge < -0.3 is 10.1 Å². The van der Waals surface area contributed by atoms with E-state index in [1.807, 2.05) is 0 Å². The van der Waals surface area contributed by atoms with Crippen LogP contribution >= 0.6 is 0 Å². The molecule has 2 heteroatoms. The van der Waals surface area contributed by atoms with Crippen molar-refractivity contribution in [1.82, 2.24) is 5.32 Å². The van der Waals surface area contributed by atoms with Gasteiger partial charge in [0, 0.05) is 13.2 Å². The first-order chi connectivity index (χ1) is 5.81. The van der Waals surface area contributed by atoms with E-state index in [1.165, 1.54) is 32.4 Å². The molecule has 2 saturated heterocycles. The molecule has 0 aromatic carbocycles. The van der Waals surface area contributed by atoms with E-state index >= 15 is 0 Å². The molecule has 2 aliphatic heterocycles. The fourth-order valence-electron chi connectivity index (χ4n) is 2.51. The number of hydrogen-bond acceptors (Lipinski definition) is 2. The highest BCUT2D eigenvalue weighted by molar-refractivity contribution is 4.89. The zero-order chi connectivity index (χ0) is 8.44. The molecule has 12 heavy (non-hydrogen) atoms. The summed E-state index contributed by atoms with van der Waals surface area (Å²) in [5.74, 6) is 0.810. The van der Waals surface area contributed by atoms with Crippen LogP contribution in [0.4, 0.5) is 0 Å². The minimum atomic E-state index is 0.523. The molecule has 0 aromatic rings. The monoisotopic (exact) mass is 169 g/mol. The first-order valence-electron chi connectivity index (χ1n) is 5.10. The quantitative estimate of drug-likeness (QED) is 0.641. The lowest BCUT2D eigenvalue weighted by Gasteiger charge is -2.38. The third-order valence-corrected chi connectivity index (χ3v) is 3.55. The maximum Gasteiger partial charge on any atom is 0.0500 e. The minimum Gasteiger partial charge on any atom is -0.381 e. The minimum absolute atomic E-state index is 0.523. The standard InChI is InChI=1S/C10H19NO/c1-10(4-2-5-11-8-10)9-3-6-12-7-9/h9,11H,2-8H2,1H3. The Morgan fingerprint density at radius 1 is 1.50 bits per heavy atom. The zero-order valence-electron chi connectivity index (χ0n) is 7.94. The maximum atomic E-state index is 5.45. The molecule has 70 valence electrons. The van der Waals surface area contributed by atoms with Gasteiger partial charge in [0.25, 0.3) is 0 Å². The summed E-state index contributed by atoms with van der Waals surface area (Å²) < 4.78 is 5.45. The lowest BCUT2D eigenvalue weighted by molar-refractivity contribution is 0.107. The molecule has 0 radical (unpaired) electrons. The molecular weight excluding hydrogens is 150 g/mol. The van der Waals surface area contributed by atoms with Crippen molar-refractivity contribution in [3.63, 3.8) is 0 Å². The summed E-state index contributed by atoms with van der Waals surface area (Å²) in [5.41, 5.74) is 0.523. The van der Waals surface area contributed by atoms with Gasteiger partial charge >= 0.3 is 0 Å². The van der Waals surface area contributed by atoms with E-state index in [1.54, 1.807) is 0 Å². The summed E-state index contributed by atoms with van der Waals surface area (Å²) in [6.45, 7) is 6.81. The Labute approximate surface area is 74.7 Å². The van der Waals surface area contributed by atoms with Crippen LogP contribution in [0.3, 0.4) is 0 Å². The van der Waals surface area contributed by atoms with Gasteiger partial charge in [-0.2, -0.15) is 0 Å². The smallest absolute Gasteiger partial charge is 0.0500 e. The molecule has 2 nitrogen and oxygen atoms in total. The lowest BCUT2D eigenvalue weighted by atomic mass is 9.72. The van der Waals surface area contributed by atoms with Crippen LogP contribution in [0.1, 0.15) is 26.2 Å². The number of hydrogen-bond donors (Lipinski definition) is 1. The molecule has 2 aliphatic rings. The highest BCUT2D eigenvalue weighted by Crippen LogP contribution is 2.38. The van der Waals surface area contributed by atoms with E-state index in [0.29, 0.717) is 5.41 Å². The second-order valence-corrected chi connectivity index (χ2v) is 4.49. The van der Waals surface area contributed by atoms with Gasteiger partial charge in [-0.3, -0.25) is 0 Å². The van der Waals surface area contributed by atoms with E-state index in [9.17, 15) is 0 Å². The van der Waals surface area contributed by atoms with E-state index in [0.717, 1.165) is 19.1 Å². The Bertz CT molecular complexity index is 146. The van der Waals surface area contributed by atoms with Crippen LogP contribution in [-0.2, 0) is 4.74 Å². The molecule has 0 spiro atoms. The number of ether oxygens (including phenoxy) is 1. The fraction of sp³-hybridized carbons (Fsp3) is 1.00. The van der Waals surface area contributed by atoms with Crippen molar-refractivity contribution in [3.05, 3.63) is 0 Å². The molecule has 0 amide bonds. The third kappa shape index (κ3) is 1.50. The van der Waals surface area contributed by atoms with Gasteiger partial charge in [-0.1, -0.05) is 6.92 Å². The van der Waals surface area contributed by atoms with Gasteiger partial charge in [0.15, 0.2) is 0 Å². The average molecular weight is 169 g/mol. The number of nitrogens with one attached hydrogen (secondary N) is 1. The van der Waals surface area contributed by atoms with Crippen molar-refractivity contribution in [1.29, 1.82) is 0 Å². The SMILES string of the molecule is CC1(C2CCOC2)CCCNC1. The van der Waals surface area contributed by atoms with Crippen molar-refractivity contribution in [2.45, 2.75) is 26.2 Å². The molecule has 1 N–H and O–H groups in total. The molecule has 0 aliphatic carbocycles. The predicted molar refractivity (Wildman–Crippen MR) is 49.1 cm³/mol. The highest BCUT2D eigenvalue weighted by atomic mass is 16.5. The Balaban J connectivity index is 1.97. The van der Waals surface area contributed by atoms with Gasteiger partial charge in [-0.15, -0.1) is 0 Å². The largest absolute Gasteiger partial charge is 0.381 e. The Morgan fingerprint density at radius 3 is 3.00 bits per heavy atom. The highest BCUT2D eigenvalue weighted by Gasteiger charge is 2.37. The summed E-state index contributed by atoms with van der Waals surface area (Å²) in [4.78, 5) is 0. The van der Waals surface area contributed by atoms with Crippen LogP contribution < -0.4 is 5.32 Å². The summed E-state index contributed by atoms with van der Waals surface area (Å²) >= 11 is 0. The Kier molecular flexibility index (Phi) is 2.37. The van der Waals surface area contributed by atoms with Crippen molar-refractivity contribution in [3.8, 4) is 0 Å².